The summed E-state index contributed by atoms with van der Waals surface area (Å²) in [6.45, 7) is 1.23. The zero-order valence-corrected chi connectivity index (χ0v) is 11.8. The highest BCUT2D eigenvalue weighted by molar-refractivity contribution is 7.89. The van der Waals surface area contributed by atoms with Crippen LogP contribution in [0.4, 0.5) is 5.69 Å². The molecule has 0 radical (unpaired) electrons. The van der Waals surface area contributed by atoms with Crippen LogP contribution in [0.2, 0.25) is 5.02 Å². The SMILES string of the molecule is Cc1c(Cl)cc(S(=O)(=O)NCCN=[N+]=[N-])cc1[N+](=O)[O-]. The highest BCUT2D eigenvalue weighted by Gasteiger charge is 2.21. The Hall–Kier alpha value is -1.87. The highest BCUT2D eigenvalue weighted by atomic mass is 35.5. The van der Waals surface area contributed by atoms with E-state index in [0.717, 1.165) is 12.1 Å². The van der Waals surface area contributed by atoms with Gasteiger partial charge in [-0.25, -0.2) is 13.1 Å². The summed E-state index contributed by atoms with van der Waals surface area (Å²) in [4.78, 5) is 12.3. The van der Waals surface area contributed by atoms with Gasteiger partial charge in [0, 0.05) is 29.6 Å². The number of nitrogens with one attached hydrogen (secondary N) is 1. The minimum atomic E-state index is -3.96. The van der Waals surface area contributed by atoms with Gasteiger partial charge in [0.1, 0.15) is 0 Å². The summed E-state index contributed by atoms with van der Waals surface area (Å²) in [6, 6.07) is 2.05. The van der Waals surface area contributed by atoms with Crippen LogP contribution in [0.3, 0.4) is 0 Å². The molecule has 0 saturated carbocycles. The van der Waals surface area contributed by atoms with E-state index in [0.29, 0.717) is 0 Å². The minimum Gasteiger partial charge on any atom is -0.258 e. The van der Waals surface area contributed by atoms with Gasteiger partial charge in [-0.15, -0.1) is 0 Å². The van der Waals surface area contributed by atoms with E-state index in [1.54, 1.807) is 0 Å². The first-order valence-corrected chi connectivity index (χ1v) is 7.10. The number of nitrogens with zero attached hydrogens (tertiary/aromatic N) is 4. The number of rotatable bonds is 6. The second-order valence-corrected chi connectivity index (χ2v) is 5.83. The van der Waals surface area contributed by atoms with Crippen LogP contribution in [-0.4, -0.2) is 26.4 Å². The molecular formula is C9H10ClN5O4S. The molecule has 0 fully saturated rings. The molecule has 9 nitrogen and oxygen atoms in total. The molecule has 0 atom stereocenters. The number of nitro benzene ring substituents is 1. The molecule has 0 spiro atoms. The number of benzene rings is 1. The van der Waals surface area contributed by atoms with Gasteiger partial charge in [-0.3, -0.25) is 10.1 Å². The molecule has 0 aliphatic carbocycles. The zero-order chi connectivity index (χ0) is 15.3. The van der Waals surface area contributed by atoms with Crippen LogP contribution < -0.4 is 4.72 Å². The fraction of sp³-hybridized carbons (Fsp3) is 0.333. The Labute approximate surface area is 119 Å². The van der Waals surface area contributed by atoms with E-state index in [2.05, 4.69) is 14.7 Å². The molecule has 0 aliphatic rings. The van der Waals surface area contributed by atoms with Crippen molar-refractivity contribution >= 4 is 27.3 Å². The Morgan fingerprint density at radius 2 is 2.20 bits per heavy atom. The normalized spacial score (nSPS) is 10.9. The van der Waals surface area contributed by atoms with Crippen LogP contribution >= 0.6 is 11.6 Å². The predicted molar refractivity (Wildman–Crippen MR) is 72.0 cm³/mol. The number of hydrogen-bond donors (Lipinski definition) is 1. The summed E-state index contributed by atoms with van der Waals surface area (Å²) in [6.07, 6.45) is 0. The average molecular weight is 320 g/mol. The summed E-state index contributed by atoms with van der Waals surface area (Å²) in [7, 11) is -3.96. The minimum absolute atomic E-state index is 0.0189. The number of halogens is 1. The molecule has 11 heteroatoms. The Morgan fingerprint density at radius 1 is 1.55 bits per heavy atom. The molecule has 0 aliphatic heterocycles. The summed E-state index contributed by atoms with van der Waals surface area (Å²) in [5.74, 6) is 0. The largest absolute Gasteiger partial charge is 0.275 e. The second-order valence-electron chi connectivity index (χ2n) is 3.66. The van der Waals surface area contributed by atoms with E-state index < -0.39 is 14.9 Å². The lowest BCUT2D eigenvalue weighted by Crippen LogP contribution is -2.26. The molecule has 0 bridgehead atoms. The maximum atomic E-state index is 11.9. The lowest BCUT2D eigenvalue weighted by Gasteiger charge is -2.07. The Balaban J connectivity index is 3.12. The smallest absolute Gasteiger partial charge is 0.258 e. The lowest BCUT2D eigenvalue weighted by atomic mass is 10.2. The summed E-state index contributed by atoms with van der Waals surface area (Å²) in [5.41, 5.74) is 7.87. The van der Waals surface area contributed by atoms with E-state index in [1.165, 1.54) is 6.92 Å². The topological polar surface area (TPSA) is 138 Å². The van der Waals surface area contributed by atoms with Crippen molar-refractivity contribution in [3.8, 4) is 0 Å². The van der Waals surface area contributed by atoms with Gasteiger partial charge in [0.05, 0.1) is 14.8 Å². The van der Waals surface area contributed by atoms with Crippen LogP contribution in [0.25, 0.3) is 10.4 Å². The van der Waals surface area contributed by atoms with Crippen LogP contribution in [0, 0.1) is 17.0 Å². The summed E-state index contributed by atoms with van der Waals surface area (Å²) < 4.78 is 26.0. The maximum Gasteiger partial charge on any atom is 0.275 e. The van der Waals surface area contributed by atoms with Gasteiger partial charge in [0.15, 0.2) is 0 Å². The van der Waals surface area contributed by atoms with Crippen molar-refractivity contribution in [1.82, 2.24) is 4.72 Å². The van der Waals surface area contributed by atoms with Crippen molar-refractivity contribution in [1.29, 1.82) is 0 Å². The van der Waals surface area contributed by atoms with Gasteiger partial charge >= 0.3 is 0 Å². The van der Waals surface area contributed by atoms with Crippen molar-refractivity contribution < 1.29 is 13.3 Å². The van der Waals surface area contributed by atoms with E-state index in [9.17, 15) is 18.5 Å². The van der Waals surface area contributed by atoms with Crippen LogP contribution in [0.5, 0.6) is 0 Å². The fourth-order valence-electron chi connectivity index (χ4n) is 1.34. The molecule has 108 valence electrons. The number of sulfonamides is 1. The van der Waals surface area contributed by atoms with Crippen molar-refractivity contribution in [3.63, 3.8) is 0 Å². The lowest BCUT2D eigenvalue weighted by molar-refractivity contribution is -0.385. The number of nitro groups is 1. The first-order valence-electron chi connectivity index (χ1n) is 5.24. The van der Waals surface area contributed by atoms with Crippen molar-refractivity contribution in [3.05, 3.63) is 43.3 Å². The molecule has 1 N–H and O–H groups in total. The summed E-state index contributed by atoms with van der Waals surface area (Å²) in [5, 5.41) is 14.0. The maximum absolute atomic E-state index is 11.9. The third kappa shape index (κ3) is 3.81. The second kappa shape index (κ2) is 6.53. The fourth-order valence-corrected chi connectivity index (χ4v) is 2.69. The van der Waals surface area contributed by atoms with E-state index in [1.807, 2.05) is 0 Å². The molecule has 0 unspecified atom stereocenters. The van der Waals surface area contributed by atoms with Gasteiger partial charge in [-0.05, 0) is 18.5 Å². The molecule has 1 aromatic rings. The van der Waals surface area contributed by atoms with Crippen molar-refractivity contribution in [2.75, 3.05) is 13.1 Å². The molecular weight excluding hydrogens is 310 g/mol. The summed E-state index contributed by atoms with van der Waals surface area (Å²) >= 11 is 5.79. The van der Waals surface area contributed by atoms with E-state index in [-0.39, 0.29) is 34.3 Å². The Bertz CT molecular complexity index is 684. The Morgan fingerprint density at radius 3 is 2.75 bits per heavy atom. The van der Waals surface area contributed by atoms with Crippen LogP contribution in [0.1, 0.15) is 5.56 Å². The van der Waals surface area contributed by atoms with E-state index in [4.69, 9.17) is 17.1 Å². The van der Waals surface area contributed by atoms with Crippen molar-refractivity contribution in [2.45, 2.75) is 11.8 Å². The monoisotopic (exact) mass is 319 g/mol. The quantitative estimate of drug-likeness (QED) is 0.214. The van der Waals surface area contributed by atoms with Crippen molar-refractivity contribution in [2.24, 2.45) is 5.11 Å². The third-order valence-corrected chi connectivity index (χ3v) is 4.20. The standard InChI is InChI=1S/C9H10ClN5O4S/c1-6-8(10)4-7(5-9(6)15(16)17)20(18,19)13-3-2-12-14-11/h4-5,13H,2-3H2,1H3. The van der Waals surface area contributed by atoms with Crippen LogP contribution in [0.15, 0.2) is 22.1 Å². The molecule has 0 amide bonds. The van der Waals surface area contributed by atoms with Crippen LogP contribution in [-0.2, 0) is 10.0 Å². The first-order chi connectivity index (χ1) is 9.29. The molecule has 1 aromatic carbocycles. The molecule has 0 aromatic heterocycles. The Kier molecular flexibility index (Phi) is 5.28. The number of hydrogen-bond acceptors (Lipinski definition) is 5. The average Bonchev–Trinajstić information content (AvgIpc) is 2.37. The molecule has 0 saturated heterocycles. The van der Waals surface area contributed by atoms with Gasteiger partial charge in [-0.2, -0.15) is 0 Å². The highest BCUT2D eigenvalue weighted by Crippen LogP contribution is 2.29. The first kappa shape index (κ1) is 16.2. The third-order valence-electron chi connectivity index (χ3n) is 2.36. The molecule has 0 heterocycles. The molecule has 20 heavy (non-hydrogen) atoms. The zero-order valence-electron chi connectivity index (χ0n) is 10.3. The molecule has 1 rings (SSSR count). The van der Waals surface area contributed by atoms with E-state index >= 15 is 0 Å². The van der Waals surface area contributed by atoms with Gasteiger partial charge < -0.3 is 0 Å². The predicted octanol–water partition coefficient (Wildman–Crippen LogP) is 2.15. The van der Waals surface area contributed by atoms with Gasteiger partial charge in [0.25, 0.3) is 5.69 Å². The van der Waals surface area contributed by atoms with Gasteiger partial charge in [-0.1, -0.05) is 16.7 Å². The van der Waals surface area contributed by atoms with Gasteiger partial charge in [0.2, 0.25) is 10.0 Å². The number of azide groups is 1.